The maximum atomic E-state index is 13.0. The van der Waals surface area contributed by atoms with Gasteiger partial charge in [0.2, 0.25) is 0 Å². The summed E-state index contributed by atoms with van der Waals surface area (Å²) in [7, 11) is 1.34. The molecule has 29 heavy (non-hydrogen) atoms. The highest BCUT2D eigenvalue weighted by Crippen LogP contribution is 2.44. The van der Waals surface area contributed by atoms with Crippen molar-refractivity contribution >= 4 is 18.0 Å². The molecule has 1 atom stereocenters. The van der Waals surface area contributed by atoms with Crippen LogP contribution in [-0.2, 0) is 19.1 Å². The van der Waals surface area contributed by atoms with Gasteiger partial charge in [-0.15, -0.1) is 0 Å². The summed E-state index contributed by atoms with van der Waals surface area (Å²) in [4.78, 5) is 29.6. The van der Waals surface area contributed by atoms with Crippen molar-refractivity contribution in [3.63, 3.8) is 0 Å². The fourth-order valence-electron chi connectivity index (χ4n) is 3.82. The number of hydrogen-bond donors (Lipinski definition) is 2. The van der Waals surface area contributed by atoms with Crippen molar-refractivity contribution in [3.8, 4) is 0 Å². The van der Waals surface area contributed by atoms with E-state index in [-0.39, 0.29) is 17.8 Å². The summed E-state index contributed by atoms with van der Waals surface area (Å²) in [5.74, 6) is -0.802. The van der Waals surface area contributed by atoms with Crippen LogP contribution >= 0.6 is 0 Å². The van der Waals surface area contributed by atoms with Crippen molar-refractivity contribution in [2.45, 2.75) is 33.1 Å². The predicted molar refractivity (Wildman–Crippen MR) is 113 cm³/mol. The van der Waals surface area contributed by atoms with Crippen LogP contribution in [0.3, 0.4) is 0 Å². The second-order valence-electron chi connectivity index (χ2n) is 7.88. The van der Waals surface area contributed by atoms with E-state index in [2.05, 4.69) is 30.7 Å². The predicted octanol–water partition coefficient (Wildman–Crippen LogP) is 2.41. The Bertz CT molecular complexity index is 775. The molecule has 0 radical (unpaired) electrons. The summed E-state index contributed by atoms with van der Waals surface area (Å²) in [5.41, 5.74) is 7.97. The van der Waals surface area contributed by atoms with Gasteiger partial charge in [-0.05, 0) is 24.3 Å². The smallest absolute Gasteiger partial charge is 0.336 e. The lowest BCUT2D eigenvalue weighted by Gasteiger charge is -2.39. The number of hydrogen-bond acceptors (Lipinski definition) is 7. The average Bonchev–Trinajstić information content (AvgIpc) is 2.66. The van der Waals surface area contributed by atoms with Gasteiger partial charge in [-0.25, -0.2) is 4.79 Å². The molecule has 0 spiro atoms. The van der Waals surface area contributed by atoms with E-state index in [0.717, 1.165) is 12.1 Å². The lowest BCUT2D eigenvalue weighted by Crippen LogP contribution is -2.40. The molecule has 2 aliphatic rings. The Morgan fingerprint density at radius 2 is 2.17 bits per heavy atom. The number of nitrogens with two attached hydrogens (primary N) is 1. The van der Waals surface area contributed by atoms with Gasteiger partial charge in [-0.2, -0.15) is 0 Å². The van der Waals surface area contributed by atoms with Gasteiger partial charge >= 0.3 is 5.97 Å². The van der Waals surface area contributed by atoms with E-state index in [1.807, 2.05) is 6.08 Å². The average molecular weight is 402 g/mol. The van der Waals surface area contributed by atoms with Crippen LogP contribution in [0.4, 0.5) is 0 Å². The molecule has 0 saturated carbocycles. The third kappa shape index (κ3) is 5.74. The zero-order valence-corrected chi connectivity index (χ0v) is 17.5. The molecule has 0 amide bonds. The number of allylic oxidation sites excluding steroid dienone is 4. The molecule has 1 aliphatic heterocycles. The molecular formula is C22H31N3O4. The molecule has 1 unspecified atom stereocenters. The Kier molecular flexibility index (Phi) is 8.10. The minimum Gasteiger partial charge on any atom is -0.466 e. The number of esters is 1. The van der Waals surface area contributed by atoms with Crippen LogP contribution in [0.25, 0.3) is 0 Å². The summed E-state index contributed by atoms with van der Waals surface area (Å²) >= 11 is 0. The number of dihydropyridines is 1. The van der Waals surface area contributed by atoms with Crippen molar-refractivity contribution in [3.05, 3.63) is 47.5 Å². The van der Waals surface area contributed by atoms with Crippen molar-refractivity contribution in [1.29, 1.82) is 0 Å². The molecule has 0 saturated heterocycles. The summed E-state index contributed by atoms with van der Waals surface area (Å²) in [6.07, 6.45) is 8.36. The van der Waals surface area contributed by atoms with Gasteiger partial charge < -0.3 is 20.5 Å². The van der Waals surface area contributed by atoms with Crippen LogP contribution in [0.5, 0.6) is 0 Å². The van der Waals surface area contributed by atoms with E-state index in [9.17, 15) is 9.59 Å². The van der Waals surface area contributed by atoms with Gasteiger partial charge in [0.05, 0.1) is 31.6 Å². The topological polar surface area (TPSA) is 103 Å². The van der Waals surface area contributed by atoms with Crippen molar-refractivity contribution in [2.75, 3.05) is 26.9 Å². The van der Waals surface area contributed by atoms with Gasteiger partial charge in [0.15, 0.2) is 5.78 Å². The molecular weight excluding hydrogens is 370 g/mol. The Hall–Kier alpha value is -2.51. The standard InChI is InChI=1S/C22H31N3O4/c1-5-24-10-7-6-8-15-19-16(12-22(2,3)13-18(19)26)25-17(14-29-11-9-23)20(15)21(27)28-4/h5-7,10,15,25H,1,8-9,11-14,23H2,2-4H3/b7-6-,24-10?. The van der Waals surface area contributed by atoms with E-state index in [1.165, 1.54) is 13.3 Å². The van der Waals surface area contributed by atoms with Crippen molar-refractivity contribution in [2.24, 2.45) is 22.1 Å². The first-order chi connectivity index (χ1) is 13.8. The van der Waals surface area contributed by atoms with Gasteiger partial charge in [-0.3, -0.25) is 9.79 Å². The molecule has 0 bridgehead atoms. The maximum absolute atomic E-state index is 13.0. The molecule has 0 aromatic carbocycles. The normalized spacial score (nSPS) is 21.5. The van der Waals surface area contributed by atoms with Gasteiger partial charge in [0, 0.05) is 42.6 Å². The highest BCUT2D eigenvalue weighted by atomic mass is 16.5. The molecule has 1 aliphatic carbocycles. The SMILES string of the molecule is C=CN=C/C=C\CC1C2=C(CC(C)(C)CC2=O)NC(COCCN)=C1C(=O)OC. The fraction of sp³-hybridized carbons (Fsp3) is 0.500. The van der Waals surface area contributed by atoms with E-state index in [0.29, 0.717) is 42.8 Å². The molecule has 0 aromatic rings. The van der Waals surface area contributed by atoms with Crippen LogP contribution in [0, 0.1) is 11.3 Å². The summed E-state index contributed by atoms with van der Waals surface area (Å²) in [6, 6.07) is 0. The first-order valence-corrected chi connectivity index (χ1v) is 9.76. The number of nitrogens with one attached hydrogen (secondary N) is 1. The monoisotopic (exact) mass is 401 g/mol. The van der Waals surface area contributed by atoms with Gasteiger partial charge in [0.1, 0.15) is 0 Å². The number of methoxy groups -OCH3 is 1. The zero-order valence-electron chi connectivity index (χ0n) is 17.5. The Balaban J connectivity index is 2.47. The largest absolute Gasteiger partial charge is 0.466 e. The molecule has 7 nitrogen and oxygen atoms in total. The Labute approximate surface area is 172 Å². The first-order valence-electron chi connectivity index (χ1n) is 9.76. The van der Waals surface area contributed by atoms with Crippen LogP contribution in [0.2, 0.25) is 0 Å². The second-order valence-corrected chi connectivity index (χ2v) is 7.88. The number of rotatable bonds is 9. The summed E-state index contributed by atoms with van der Waals surface area (Å²) < 4.78 is 10.6. The second kappa shape index (κ2) is 10.3. The number of carbonyl (C=O) groups is 2. The van der Waals surface area contributed by atoms with E-state index in [1.54, 1.807) is 12.3 Å². The molecule has 2 rings (SSSR count). The third-order valence-corrected chi connectivity index (χ3v) is 4.94. The number of aliphatic imine (C=N–C) groups is 1. The van der Waals surface area contributed by atoms with E-state index >= 15 is 0 Å². The number of Topliss-reactive ketones (excluding diaryl/α,β-unsaturated/α-hetero) is 1. The quantitative estimate of drug-likeness (QED) is 0.349. The minimum atomic E-state index is -0.466. The highest BCUT2D eigenvalue weighted by molar-refractivity contribution is 6.02. The highest BCUT2D eigenvalue weighted by Gasteiger charge is 2.42. The molecule has 1 heterocycles. The first kappa shape index (κ1) is 22.8. The fourth-order valence-corrected chi connectivity index (χ4v) is 3.82. The van der Waals surface area contributed by atoms with Crippen LogP contribution in [-0.4, -0.2) is 44.8 Å². The Morgan fingerprint density at radius 1 is 1.41 bits per heavy atom. The van der Waals surface area contributed by atoms with Crippen molar-refractivity contribution in [1.82, 2.24) is 5.32 Å². The number of nitrogens with zero attached hydrogens (tertiary/aromatic N) is 1. The molecule has 158 valence electrons. The Morgan fingerprint density at radius 3 is 2.83 bits per heavy atom. The van der Waals surface area contributed by atoms with Crippen molar-refractivity contribution < 1.29 is 19.1 Å². The lowest BCUT2D eigenvalue weighted by atomic mass is 9.69. The van der Waals surface area contributed by atoms with Gasteiger partial charge in [-0.1, -0.05) is 26.5 Å². The number of ether oxygens (including phenoxy) is 2. The number of carbonyl (C=O) groups excluding carboxylic acids is 2. The van der Waals surface area contributed by atoms with Gasteiger partial charge in [0.25, 0.3) is 0 Å². The van der Waals surface area contributed by atoms with Crippen LogP contribution in [0.1, 0.15) is 33.1 Å². The van der Waals surface area contributed by atoms with Crippen LogP contribution in [0.15, 0.2) is 52.5 Å². The maximum Gasteiger partial charge on any atom is 0.336 e. The summed E-state index contributed by atoms with van der Waals surface area (Å²) in [5, 5.41) is 3.31. The van der Waals surface area contributed by atoms with Crippen LogP contribution < -0.4 is 11.1 Å². The van der Waals surface area contributed by atoms with E-state index in [4.69, 9.17) is 15.2 Å². The molecule has 0 aromatic heterocycles. The summed E-state index contributed by atoms with van der Waals surface area (Å²) in [6.45, 7) is 8.63. The molecule has 7 heteroatoms. The molecule has 0 fully saturated rings. The minimum absolute atomic E-state index is 0.0604. The van der Waals surface area contributed by atoms with E-state index < -0.39 is 11.9 Å². The zero-order chi connectivity index (χ0) is 21.4. The molecule has 3 N–H and O–H groups in total. The lowest BCUT2D eigenvalue weighted by molar-refractivity contribution is -0.136. The number of ketones is 1. The third-order valence-electron chi connectivity index (χ3n) is 4.94.